The van der Waals surface area contributed by atoms with Crippen LogP contribution in [-0.4, -0.2) is 35.0 Å². The molecule has 0 saturated heterocycles. The van der Waals surface area contributed by atoms with E-state index in [9.17, 15) is 9.59 Å². The Balaban J connectivity index is 2.89. The minimum Gasteiger partial charge on any atom is -0.465 e. The molecule has 4 nitrogen and oxygen atoms in total. The molecule has 1 N–H and O–H groups in total. The van der Waals surface area contributed by atoms with Crippen LogP contribution in [0.1, 0.15) is 20.3 Å². The van der Waals surface area contributed by atoms with E-state index in [4.69, 9.17) is 5.11 Å². The zero-order chi connectivity index (χ0) is 11.4. The first kappa shape index (κ1) is 11.8. The fraction of sp³-hybridized carbons (Fsp3) is 0.636. The minimum atomic E-state index is -0.965. The Kier molecular flexibility index (Phi) is 3.88. The summed E-state index contributed by atoms with van der Waals surface area (Å²) < 4.78 is 0. The normalized spacial score (nSPS) is 29.9. The second-order valence-electron chi connectivity index (χ2n) is 3.91. The molecule has 3 atom stereocenters. The van der Waals surface area contributed by atoms with E-state index in [0.29, 0.717) is 6.54 Å². The molecular formula is C11H17NO3. The number of rotatable bonds is 3. The Bertz CT molecular complexity index is 275. The lowest BCUT2D eigenvalue weighted by molar-refractivity contribution is -0.113. The van der Waals surface area contributed by atoms with E-state index in [-0.39, 0.29) is 17.9 Å². The monoisotopic (exact) mass is 211 g/mol. The number of amides is 1. The van der Waals surface area contributed by atoms with Crippen molar-refractivity contribution in [3.63, 3.8) is 0 Å². The van der Waals surface area contributed by atoms with Crippen LogP contribution >= 0.6 is 0 Å². The van der Waals surface area contributed by atoms with Gasteiger partial charge >= 0.3 is 6.09 Å². The first-order chi connectivity index (χ1) is 7.11. The standard InChI is InChI=1S/C11H17NO3/c1-3-12(11(14)15)10-6-4-5-8(2)9(10)7-13/h4,6-10H,3,5H2,1-2H3,(H,14,15). The van der Waals surface area contributed by atoms with Gasteiger partial charge in [0, 0.05) is 12.5 Å². The lowest BCUT2D eigenvalue weighted by Crippen LogP contribution is -2.46. The highest BCUT2D eigenvalue weighted by Crippen LogP contribution is 2.27. The maximum Gasteiger partial charge on any atom is 0.407 e. The Morgan fingerprint density at radius 1 is 1.67 bits per heavy atom. The lowest BCUT2D eigenvalue weighted by atomic mass is 9.81. The van der Waals surface area contributed by atoms with Crippen LogP contribution in [0.2, 0.25) is 0 Å². The highest BCUT2D eigenvalue weighted by atomic mass is 16.4. The van der Waals surface area contributed by atoms with Gasteiger partial charge in [0.1, 0.15) is 6.29 Å². The zero-order valence-electron chi connectivity index (χ0n) is 9.09. The Labute approximate surface area is 89.6 Å². The number of nitrogens with zero attached hydrogens (tertiary/aromatic N) is 1. The summed E-state index contributed by atoms with van der Waals surface area (Å²) in [7, 11) is 0. The van der Waals surface area contributed by atoms with Gasteiger partial charge in [-0.05, 0) is 19.3 Å². The number of likely N-dealkylation sites (N-methyl/N-ethyl adjacent to an activating group) is 1. The van der Waals surface area contributed by atoms with Crippen LogP contribution in [0.25, 0.3) is 0 Å². The third-order valence-electron chi connectivity index (χ3n) is 3.00. The molecule has 0 aromatic heterocycles. The molecule has 1 aliphatic carbocycles. The number of hydrogen-bond donors (Lipinski definition) is 1. The van der Waals surface area contributed by atoms with Crippen LogP contribution in [0.4, 0.5) is 4.79 Å². The van der Waals surface area contributed by atoms with Gasteiger partial charge in [-0.25, -0.2) is 4.79 Å². The lowest BCUT2D eigenvalue weighted by Gasteiger charge is -2.35. The van der Waals surface area contributed by atoms with E-state index < -0.39 is 6.09 Å². The molecule has 4 heteroatoms. The molecule has 1 rings (SSSR count). The molecule has 0 spiro atoms. The average molecular weight is 211 g/mol. The van der Waals surface area contributed by atoms with Gasteiger partial charge < -0.3 is 14.8 Å². The van der Waals surface area contributed by atoms with Crippen LogP contribution in [0.3, 0.4) is 0 Å². The molecule has 0 bridgehead atoms. The van der Waals surface area contributed by atoms with E-state index in [1.54, 1.807) is 6.92 Å². The first-order valence-corrected chi connectivity index (χ1v) is 5.23. The quantitative estimate of drug-likeness (QED) is 0.571. The molecule has 0 fully saturated rings. The second-order valence-corrected chi connectivity index (χ2v) is 3.91. The summed E-state index contributed by atoms with van der Waals surface area (Å²) in [5, 5.41) is 9.00. The molecule has 0 saturated carbocycles. The number of allylic oxidation sites excluding steroid dienone is 1. The molecule has 3 unspecified atom stereocenters. The van der Waals surface area contributed by atoms with Gasteiger partial charge in [-0.3, -0.25) is 0 Å². The van der Waals surface area contributed by atoms with E-state index in [1.807, 2.05) is 19.1 Å². The zero-order valence-corrected chi connectivity index (χ0v) is 9.09. The molecule has 0 aromatic carbocycles. The fourth-order valence-corrected chi connectivity index (χ4v) is 2.05. The summed E-state index contributed by atoms with van der Waals surface area (Å²) in [5.41, 5.74) is 0. The van der Waals surface area contributed by atoms with Crippen molar-refractivity contribution in [2.75, 3.05) is 6.54 Å². The molecule has 0 aromatic rings. The van der Waals surface area contributed by atoms with Crippen LogP contribution in [0, 0.1) is 11.8 Å². The van der Waals surface area contributed by atoms with Crippen molar-refractivity contribution in [3.8, 4) is 0 Å². The summed E-state index contributed by atoms with van der Waals surface area (Å²) in [6.45, 7) is 4.16. The Morgan fingerprint density at radius 2 is 2.33 bits per heavy atom. The predicted octanol–water partition coefficient (Wildman–Crippen LogP) is 1.77. The van der Waals surface area contributed by atoms with E-state index in [0.717, 1.165) is 12.7 Å². The smallest absolute Gasteiger partial charge is 0.407 e. The summed E-state index contributed by atoms with van der Waals surface area (Å²) in [4.78, 5) is 23.3. The summed E-state index contributed by atoms with van der Waals surface area (Å²) >= 11 is 0. The third kappa shape index (κ3) is 2.37. The summed E-state index contributed by atoms with van der Waals surface area (Å²) in [5.74, 6) is -0.00282. The molecule has 0 aliphatic heterocycles. The first-order valence-electron chi connectivity index (χ1n) is 5.23. The molecular weight excluding hydrogens is 194 g/mol. The van der Waals surface area contributed by atoms with Crippen LogP contribution in [0.15, 0.2) is 12.2 Å². The average Bonchev–Trinajstić information content (AvgIpc) is 2.18. The van der Waals surface area contributed by atoms with Crippen LogP contribution in [0.5, 0.6) is 0 Å². The van der Waals surface area contributed by atoms with Crippen molar-refractivity contribution >= 4 is 12.4 Å². The molecule has 0 radical (unpaired) electrons. The summed E-state index contributed by atoms with van der Waals surface area (Å²) in [6.07, 6.45) is 4.55. The van der Waals surface area contributed by atoms with Crippen molar-refractivity contribution in [1.82, 2.24) is 4.90 Å². The highest BCUT2D eigenvalue weighted by molar-refractivity contribution is 5.67. The van der Waals surface area contributed by atoms with Gasteiger partial charge in [0.2, 0.25) is 0 Å². The Morgan fingerprint density at radius 3 is 2.80 bits per heavy atom. The molecule has 1 aliphatic rings. The largest absolute Gasteiger partial charge is 0.465 e. The second kappa shape index (κ2) is 4.96. The van der Waals surface area contributed by atoms with Gasteiger partial charge in [-0.15, -0.1) is 0 Å². The van der Waals surface area contributed by atoms with E-state index >= 15 is 0 Å². The maximum absolute atomic E-state index is 11.0. The highest BCUT2D eigenvalue weighted by Gasteiger charge is 2.33. The Hall–Kier alpha value is -1.32. The summed E-state index contributed by atoms with van der Waals surface area (Å²) in [6, 6.07) is -0.297. The molecule has 84 valence electrons. The molecule has 0 heterocycles. The predicted molar refractivity (Wildman–Crippen MR) is 56.7 cm³/mol. The van der Waals surface area contributed by atoms with Gasteiger partial charge in [-0.2, -0.15) is 0 Å². The van der Waals surface area contributed by atoms with Crippen LogP contribution in [-0.2, 0) is 4.79 Å². The van der Waals surface area contributed by atoms with Gasteiger partial charge in [0.15, 0.2) is 0 Å². The van der Waals surface area contributed by atoms with Crippen molar-refractivity contribution in [3.05, 3.63) is 12.2 Å². The van der Waals surface area contributed by atoms with E-state index in [1.165, 1.54) is 4.90 Å². The van der Waals surface area contributed by atoms with Gasteiger partial charge in [-0.1, -0.05) is 19.1 Å². The number of hydrogen-bond acceptors (Lipinski definition) is 2. The number of aldehydes is 1. The molecule has 1 amide bonds. The van der Waals surface area contributed by atoms with E-state index in [2.05, 4.69) is 0 Å². The number of carbonyl (C=O) groups excluding carboxylic acids is 1. The van der Waals surface area contributed by atoms with Crippen molar-refractivity contribution < 1.29 is 14.7 Å². The van der Waals surface area contributed by atoms with Crippen molar-refractivity contribution in [2.24, 2.45) is 11.8 Å². The third-order valence-corrected chi connectivity index (χ3v) is 3.00. The number of carboxylic acid groups (broad SMARTS) is 1. The topological polar surface area (TPSA) is 57.6 Å². The van der Waals surface area contributed by atoms with Gasteiger partial charge in [0.25, 0.3) is 0 Å². The number of carbonyl (C=O) groups is 2. The SMILES string of the molecule is CCN(C(=O)O)C1C=CCC(C)C1C=O. The van der Waals surface area contributed by atoms with Crippen LogP contribution < -0.4 is 0 Å². The van der Waals surface area contributed by atoms with Gasteiger partial charge in [0.05, 0.1) is 6.04 Å². The molecule has 15 heavy (non-hydrogen) atoms. The fourth-order valence-electron chi connectivity index (χ4n) is 2.05. The maximum atomic E-state index is 11.0. The van der Waals surface area contributed by atoms with Crippen molar-refractivity contribution in [2.45, 2.75) is 26.3 Å². The minimum absolute atomic E-state index is 0.214. The van der Waals surface area contributed by atoms with Crippen molar-refractivity contribution in [1.29, 1.82) is 0 Å².